The summed E-state index contributed by atoms with van der Waals surface area (Å²) in [5, 5.41) is 6.01. The van der Waals surface area contributed by atoms with Crippen molar-refractivity contribution in [2.45, 2.75) is 12.8 Å². The first-order valence-corrected chi connectivity index (χ1v) is 6.06. The van der Waals surface area contributed by atoms with Crippen LogP contribution in [0, 0.1) is 5.82 Å². The Morgan fingerprint density at radius 3 is 2.76 bits per heavy atom. The molecular weight excluding hydrogens is 281 g/mol. The molecule has 2 N–H and O–H groups in total. The number of benzene rings is 1. The van der Waals surface area contributed by atoms with Crippen molar-refractivity contribution in [3.05, 3.63) is 29.6 Å². The molecule has 0 aliphatic carbocycles. The number of carbonyl (C=O) groups is 3. The van der Waals surface area contributed by atoms with Crippen molar-refractivity contribution in [2.75, 3.05) is 12.4 Å². The Morgan fingerprint density at radius 2 is 2.14 bits per heavy atom. The van der Waals surface area contributed by atoms with Gasteiger partial charge < -0.3 is 10.1 Å². The van der Waals surface area contributed by atoms with Gasteiger partial charge in [-0.15, -0.1) is 0 Å². The van der Waals surface area contributed by atoms with E-state index in [1.807, 2.05) is 0 Å². The predicted molar refractivity (Wildman–Crippen MR) is 71.2 cm³/mol. The fraction of sp³-hybridized carbons (Fsp3) is 0.231. The molecule has 0 saturated carbocycles. The maximum absolute atomic E-state index is 13.3. The van der Waals surface area contributed by atoms with E-state index in [2.05, 4.69) is 20.6 Å². The first kappa shape index (κ1) is 14.6. The number of halogens is 1. The third-order valence-corrected chi connectivity index (χ3v) is 2.80. The van der Waals surface area contributed by atoms with Crippen LogP contribution in [0.3, 0.4) is 0 Å². The van der Waals surface area contributed by atoms with Gasteiger partial charge in [0.15, 0.2) is 0 Å². The molecule has 0 atom stereocenters. The van der Waals surface area contributed by atoms with Crippen LogP contribution in [0.5, 0.6) is 0 Å². The molecule has 1 heterocycles. The first-order valence-electron chi connectivity index (χ1n) is 6.06. The minimum absolute atomic E-state index is 0.0210. The Bertz CT molecular complexity index is 642. The third-order valence-electron chi connectivity index (χ3n) is 2.80. The average Bonchev–Trinajstić information content (AvgIpc) is 2.47. The van der Waals surface area contributed by atoms with Crippen molar-refractivity contribution < 1.29 is 23.5 Å². The van der Waals surface area contributed by atoms with E-state index in [1.165, 1.54) is 13.2 Å². The predicted octanol–water partition coefficient (Wildman–Crippen LogP) is 0.817. The van der Waals surface area contributed by atoms with Crippen LogP contribution in [0.25, 0.3) is 0 Å². The van der Waals surface area contributed by atoms with Crippen LogP contribution in [0.15, 0.2) is 23.3 Å². The van der Waals surface area contributed by atoms with Gasteiger partial charge >= 0.3 is 5.97 Å². The molecule has 7 nitrogen and oxygen atoms in total. The molecule has 1 aliphatic rings. The lowest BCUT2D eigenvalue weighted by atomic mass is 10.1. The van der Waals surface area contributed by atoms with Gasteiger partial charge in [-0.2, -0.15) is 5.10 Å². The van der Waals surface area contributed by atoms with Gasteiger partial charge in [0.25, 0.3) is 5.91 Å². The summed E-state index contributed by atoms with van der Waals surface area (Å²) in [4.78, 5) is 34.5. The Balaban J connectivity index is 2.22. The van der Waals surface area contributed by atoms with E-state index in [9.17, 15) is 18.8 Å². The van der Waals surface area contributed by atoms with Crippen molar-refractivity contribution in [1.29, 1.82) is 0 Å². The van der Waals surface area contributed by atoms with Crippen LogP contribution in [0.4, 0.5) is 10.1 Å². The Labute approximate surface area is 119 Å². The number of ether oxygens (including phenoxy) is 1. The zero-order valence-corrected chi connectivity index (χ0v) is 11.1. The summed E-state index contributed by atoms with van der Waals surface area (Å²) in [6.45, 7) is 0. The summed E-state index contributed by atoms with van der Waals surface area (Å²) < 4.78 is 17.8. The molecular formula is C13H12FN3O4. The summed E-state index contributed by atoms with van der Waals surface area (Å²) >= 11 is 0. The second-order valence-corrected chi connectivity index (χ2v) is 4.23. The van der Waals surface area contributed by atoms with Gasteiger partial charge in [-0.1, -0.05) is 0 Å². The lowest BCUT2D eigenvalue weighted by molar-refractivity contribution is -0.121. The Hall–Kier alpha value is -2.77. The van der Waals surface area contributed by atoms with Gasteiger partial charge in [0.05, 0.1) is 18.4 Å². The molecule has 0 spiro atoms. The SMILES string of the molecule is COC(=O)c1ccc(F)cc1NC(=O)C1=NNC(=O)CC1. The van der Waals surface area contributed by atoms with Crippen LogP contribution >= 0.6 is 0 Å². The third kappa shape index (κ3) is 3.41. The quantitative estimate of drug-likeness (QED) is 0.806. The van der Waals surface area contributed by atoms with Crippen molar-refractivity contribution in [1.82, 2.24) is 5.43 Å². The Morgan fingerprint density at radius 1 is 1.38 bits per heavy atom. The summed E-state index contributed by atoms with van der Waals surface area (Å²) in [5.41, 5.74) is 2.27. The van der Waals surface area contributed by atoms with E-state index in [1.54, 1.807) is 0 Å². The maximum atomic E-state index is 13.3. The van der Waals surface area contributed by atoms with E-state index in [4.69, 9.17) is 0 Å². The summed E-state index contributed by atoms with van der Waals surface area (Å²) in [6, 6.07) is 3.30. The molecule has 2 rings (SSSR count). The smallest absolute Gasteiger partial charge is 0.339 e. The minimum atomic E-state index is -0.704. The van der Waals surface area contributed by atoms with Crippen molar-refractivity contribution in [2.24, 2.45) is 5.10 Å². The zero-order chi connectivity index (χ0) is 15.4. The number of anilines is 1. The number of esters is 1. The molecule has 0 radical (unpaired) electrons. The number of hydrogen-bond acceptors (Lipinski definition) is 5. The topological polar surface area (TPSA) is 96.9 Å². The summed E-state index contributed by atoms with van der Waals surface area (Å²) in [7, 11) is 1.18. The van der Waals surface area contributed by atoms with Crippen LogP contribution < -0.4 is 10.7 Å². The molecule has 110 valence electrons. The second kappa shape index (κ2) is 6.12. The molecule has 1 aromatic rings. The summed E-state index contributed by atoms with van der Waals surface area (Å²) in [6.07, 6.45) is 0.305. The van der Waals surface area contributed by atoms with Crippen LogP contribution in [0.2, 0.25) is 0 Å². The number of amides is 2. The number of nitrogens with one attached hydrogen (secondary N) is 2. The number of nitrogens with zero attached hydrogens (tertiary/aromatic N) is 1. The highest BCUT2D eigenvalue weighted by Gasteiger charge is 2.21. The fourth-order valence-corrected chi connectivity index (χ4v) is 1.74. The van der Waals surface area contributed by atoms with Gasteiger partial charge in [-0.05, 0) is 18.2 Å². The standard InChI is InChI=1S/C13H12FN3O4/c1-21-13(20)8-3-2-7(14)6-10(8)15-12(19)9-4-5-11(18)17-16-9/h2-3,6H,4-5H2,1H3,(H,15,19)(H,17,18). The molecule has 0 saturated heterocycles. The monoisotopic (exact) mass is 293 g/mol. The lowest BCUT2D eigenvalue weighted by Crippen LogP contribution is -2.33. The molecule has 1 aromatic carbocycles. The highest BCUT2D eigenvalue weighted by molar-refractivity contribution is 6.43. The van der Waals surface area contributed by atoms with Gasteiger partial charge in [0.2, 0.25) is 5.91 Å². The molecule has 0 aromatic heterocycles. The van der Waals surface area contributed by atoms with Crippen LogP contribution in [-0.4, -0.2) is 30.6 Å². The van der Waals surface area contributed by atoms with Gasteiger partial charge in [0.1, 0.15) is 11.5 Å². The highest BCUT2D eigenvalue weighted by atomic mass is 19.1. The zero-order valence-electron chi connectivity index (χ0n) is 11.1. The van der Waals surface area contributed by atoms with Crippen molar-refractivity contribution >= 4 is 29.2 Å². The highest BCUT2D eigenvalue weighted by Crippen LogP contribution is 2.18. The summed E-state index contributed by atoms with van der Waals surface area (Å²) in [5.74, 6) is -2.22. The van der Waals surface area contributed by atoms with Gasteiger partial charge in [0, 0.05) is 12.8 Å². The van der Waals surface area contributed by atoms with Crippen molar-refractivity contribution in [3.8, 4) is 0 Å². The largest absolute Gasteiger partial charge is 0.465 e. The van der Waals surface area contributed by atoms with E-state index >= 15 is 0 Å². The van der Waals surface area contributed by atoms with Crippen molar-refractivity contribution in [3.63, 3.8) is 0 Å². The van der Waals surface area contributed by atoms with E-state index in [0.717, 1.165) is 12.1 Å². The molecule has 1 aliphatic heterocycles. The van der Waals surface area contributed by atoms with Gasteiger partial charge in [-0.25, -0.2) is 14.6 Å². The molecule has 0 fully saturated rings. The van der Waals surface area contributed by atoms with E-state index < -0.39 is 17.7 Å². The Kier molecular flexibility index (Phi) is 4.27. The molecule has 2 amide bonds. The molecule has 0 unspecified atom stereocenters. The van der Waals surface area contributed by atoms with E-state index in [0.29, 0.717) is 0 Å². The van der Waals surface area contributed by atoms with E-state index in [-0.39, 0.29) is 35.7 Å². The normalized spacial score (nSPS) is 14.0. The maximum Gasteiger partial charge on any atom is 0.339 e. The van der Waals surface area contributed by atoms with Crippen LogP contribution in [0.1, 0.15) is 23.2 Å². The second-order valence-electron chi connectivity index (χ2n) is 4.23. The number of rotatable bonds is 3. The average molecular weight is 293 g/mol. The molecule has 8 heteroatoms. The number of hydrazone groups is 1. The minimum Gasteiger partial charge on any atom is -0.465 e. The van der Waals surface area contributed by atoms with Crippen LogP contribution in [-0.2, 0) is 14.3 Å². The fourth-order valence-electron chi connectivity index (χ4n) is 1.74. The molecule has 0 bridgehead atoms. The number of carbonyl (C=O) groups excluding carboxylic acids is 3. The molecule has 21 heavy (non-hydrogen) atoms. The lowest BCUT2D eigenvalue weighted by Gasteiger charge is -2.13. The number of hydrogen-bond donors (Lipinski definition) is 2. The van der Waals surface area contributed by atoms with Gasteiger partial charge in [-0.3, -0.25) is 9.59 Å². The number of methoxy groups -OCH3 is 1. The first-order chi connectivity index (χ1) is 10.0.